The second-order valence-electron chi connectivity index (χ2n) is 3.99. The molecule has 0 bridgehead atoms. The average molecular weight is 219 g/mol. The molecule has 0 amide bonds. The van der Waals surface area contributed by atoms with Crippen LogP contribution in [0.1, 0.15) is 13.8 Å². The van der Waals surface area contributed by atoms with Crippen LogP contribution >= 0.6 is 0 Å². The van der Waals surface area contributed by atoms with Gasteiger partial charge in [0.1, 0.15) is 5.52 Å². The minimum Gasteiger partial charge on any atom is -0.351 e. The maximum atomic E-state index is 5.63. The van der Waals surface area contributed by atoms with Gasteiger partial charge in [-0.25, -0.2) is 9.50 Å². The van der Waals surface area contributed by atoms with Crippen LogP contribution in [0.3, 0.4) is 0 Å². The summed E-state index contributed by atoms with van der Waals surface area (Å²) in [5.74, 6) is 0.945. The zero-order chi connectivity index (χ0) is 11.5. The summed E-state index contributed by atoms with van der Waals surface area (Å²) in [4.78, 5) is 6.62. The molecule has 2 N–H and O–H groups in total. The van der Waals surface area contributed by atoms with Crippen LogP contribution in [0.4, 0.5) is 5.82 Å². The summed E-state index contributed by atoms with van der Waals surface area (Å²) in [7, 11) is 0. The standard InChI is InChI=1S/C11H17N5/c1-9(2)15(7-4-12)11-10-3-5-14-16(10)8-6-13-11/h3,5-6,8-9H,4,7,12H2,1-2H3. The summed E-state index contributed by atoms with van der Waals surface area (Å²) in [5.41, 5.74) is 6.65. The Morgan fingerprint density at radius 3 is 2.94 bits per heavy atom. The molecule has 0 radical (unpaired) electrons. The highest BCUT2D eigenvalue weighted by atomic mass is 15.3. The van der Waals surface area contributed by atoms with Crippen molar-refractivity contribution in [3.63, 3.8) is 0 Å². The van der Waals surface area contributed by atoms with Crippen LogP contribution in [0.25, 0.3) is 5.52 Å². The molecule has 2 rings (SSSR count). The van der Waals surface area contributed by atoms with E-state index >= 15 is 0 Å². The summed E-state index contributed by atoms with van der Waals surface area (Å²) in [6, 6.07) is 2.34. The van der Waals surface area contributed by atoms with E-state index in [0.717, 1.165) is 17.9 Å². The van der Waals surface area contributed by atoms with Crippen LogP contribution in [0, 0.1) is 0 Å². The lowest BCUT2D eigenvalue weighted by Crippen LogP contribution is -2.36. The molecule has 5 nitrogen and oxygen atoms in total. The first-order valence-electron chi connectivity index (χ1n) is 5.49. The van der Waals surface area contributed by atoms with Crippen LogP contribution < -0.4 is 10.6 Å². The Morgan fingerprint density at radius 1 is 1.44 bits per heavy atom. The number of nitrogens with two attached hydrogens (primary N) is 1. The van der Waals surface area contributed by atoms with Crippen molar-refractivity contribution >= 4 is 11.3 Å². The molecule has 2 aromatic rings. The molecule has 0 saturated heterocycles. The second-order valence-corrected chi connectivity index (χ2v) is 3.99. The molecule has 0 fully saturated rings. The smallest absolute Gasteiger partial charge is 0.154 e. The molecule has 2 heterocycles. The molecule has 0 saturated carbocycles. The highest BCUT2D eigenvalue weighted by Gasteiger charge is 2.14. The number of nitrogens with zero attached hydrogens (tertiary/aromatic N) is 4. The predicted octanol–water partition coefficient (Wildman–Crippen LogP) is 0.903. The summed E-state index contributed by atoms with van der Waals surface area (Å²) >= 11 is 0. The van der Waals surface area contributed by atoms with Gasteiger partial charge in [0.15, 0.2) is 5.82 Å². The monoisotopic (exact) mass is 219 g/mol. The van der Waals surface area contributed by atoms with E-state index in [1.165, 1.54) is 0 Å². The Morgan fingerprint density at radius 2 is 2.25 bits per heavy atom. The van der Waals surface area contributed by atoms with E-state index in [1.54, 1.807) is 12.4 Å². The SMILES string of the molecule is CC(C)N(CCN)c1nccn2nccc12. The van der Waals surface area contributed by atoms with E-state index in [1.807, 2.05) is 16.8 Å². The van der Waals surface area contributed by atoms with Crippen molar-refractivity contribution in [1.82, 2.24) is 14.6 Å². The van der Waals surface area contributed by atoms with Gasteiger partial charge in [-0.3, -0.25) is 0 Å². The van der Waals surface area contributed by atoms with E-state index < -0.39 is 0 Å². The van der Waals surface area contributed by atoms with Crippen LogP contribution in [0.2, 0.25) is 0 Å². The lowest BCUT2D eigenvalue weighted by atomic mass is 10.3. The van der Waals surface area contributed by atoms with Crippen LogP contribution in [-0.2, 0) is 0 Å². The fourth-order valence-corrected chi connectivity index (χ4v) is 1.81. The number of hydrogen-bond acceptors (Lipinski definition) is 4. The Kier molecular flexibility index (Phi) is 3.05. The average Bonchev–Trinajstić information content (AvgIpc) is 2.73. The summed E-state index contributed by atoms with van der Waals surface area (Å²) in [6.45, 7) is 5.69. The number of fused-ring (bicyclic) bond motifs is 1. The quantitative estimate of drug-likeness (QED) is 0.830. The Labute approximate surface area is 94.9 Å². The summed E-state index contributed by atoms with van der Waals surface area (Å²) in [6.07, 6.45) is 5.39. The molecule has 2 aromatic heterocycles. The molecule has 0 aliphatic rings. The van der Waals surface area contributed by atoms with Crippen molar-refractivity contribution in [2.75, 3.05) is 18.0 Å². The summed E-state index contributed by atoms with van der Waals surface area (Å²) in [5, 5.41) is 4.20. The molecule has 0 atom stereocenters. The van der Waals surface area contributed by atoms with Crippen LogP contribution in [0.15, 0.2) is 24.7 Å². The zero-order valence-electron chi connectivity index (χ0n) is 9.67. The van der Waals surface area contributed by atoms with Gasteiger partial charge in [0.2, 0.25) is 0 Å². The van der Waals surface area contributed by atoms with E-state index in [-0.39, 0.29) is 0 Å². The maximum Gasteiger partial charge on any atom is 0.154 e. The molecule has 0 aromatic carbocycles. The van der Waals surface area contributed by atoms with Crippen molar-refractivity contribution in [2.45, 2.75) is 19.9 Å². The van der Waals surface area contributed by atoms with E-state index in [4.69, 9.17) is 5.73 Å². The fourth-order valence-electron chi connectivity index (χ4n) is 1.81. The Hall–Kier alpha value is -1.62. The molecule has 0 unspecified atom stereocenters. The van der Waals surface area contributed by atoms with Gasteiger partial charge in [-0.15, -0.1) is 0 Å². The normalized spacial score (nSPS) is 11.2. The maximum absolute atomic E-state index is 5.63. The molecule has 5 heteroatoms. The second kappa shape index (κ2) is 4.49. The van der Waals surface area contributed by atoms with Gasteiger partial charge in [0.05, 0.1) is 6.20 Å². The van der Waals surface area contributed by atoms with Gasteiger partial charge in [0, 0.05) is 31.5 Å². The Bertz CT molecular complexity index is 462. The van der Waals surface area contributed by atoms with E-state index in [2.05, 4.69) is 28.8 Å². The van der Waals surface area contributed by atoms with Gasteiger partial charge in [-0.05, 0) is 19.9 Å². The van der Waals surface area contributed by atoms with Gasteiger partial charge >= 0.3 is 0 Å². The van der Waals surface area contributed by atoms with Crippen LogP contribution in [-0.4, -0.2) is 33.7 Å². The van der Waals surface area contributed by atoms with Crippen molar-refractivity contribution in [2.24, 2.45) is 5.73 Å². The molecular formula is C11H17N5. The number of rotatable bonds is 4. The molecule has 86 valence electrons. The van der Waals surface area contributed by atoms with Gasteiger partial charge in [-0.1, -0.05) is 0 Å². The topological polar surface area (TPSA) is 59.5 Å². The third kappa shape index (κ3) is 1.86. The molecule has 0 spiro atoms. The van der Waals surface area contributed by atoms with Gasteiger partial charge in [0.25, 0.3) is 0 Å². The first-order valence-corrected chi connectivity index (χ1v) is 5.49. The van der Waals surface area contributed by atoms with E-state index in [0.29, 0.717) is 12.6 Å². The minimum absolute atomic E-state index is 0.372. The van der Waals surface area contributed by atoms with Crippen LogP contribution in [0.5, 0.6) is 0 Å². The van der Waals surface area contributed by atoms with E-state index in [9.17, 15) is 0 Å². The molecule has 0 aliphatic carbocycles. The third-order valence-corrected chi connectivity index (χ3v) is 2.57. The number of aromatic nitrogens is 3. The lowest BCUT2D eigenvalue weighted by Gasteiger charge is -2.27. The molecule has 0 aliphatic heterocycles. The van der Waals surface area contributed by atoms with Crippen molar-refractivity contribution in [3.8, 4) is 0 Å². The zero-order valence-corrected chi connectivity index (χ0v) is 9.67. The first kappa shape index (κ1) is 10.9. The molecular weight excluding hydrogens is 202 g/mol. The highest BCUT2D eigenvalue weighted by molar-refractivity contribution is 5.68. The third-order valence-electron chi connectivity index (χ3n) is 2.57. The highest BCUT2D eigenvalue weighted by Crippen LogP contribution is 2.19. The van der Waals surface area contributed by atoms with Crippen molar-refractivity contribution in [1.29, 1.82) is 0 Å². The Balaban J connectivity index is 2.47. The molecule has 16 heavy (non-hydrogen) atoms. The van der Waals surface area contributed by atoms with Gasteiger partial charge in [-0.2, -0.15) is 5.10 Å². The largest absolute Gasteiger partial charge is 0.351 e. The minimum atomic E-state index is 0.372. The first-order chi connectivity index (χ1) is 7.74. The fraction of sp³-hybridized carbons (Fsp3) is 0.455. The summed E-state index contributed by atoms with van der Waals surface area (Å²) < 4.78 is 1.83. The van der Waals surface area contributed by atoms with Crippen molar-refractivity contribution in [3.05, 3.63) is 24.7 Å². The number of anilines is 1. The van der Waals surface area contributed by atoms with Gasteiger partial charge < -0.3 is 10.6 Å². The van der Waals surface area contributed by atoms with Crippen molar-refractivity contribution < 1.29 is 0 Å². The predicted molar refractivity (Wildman–Crippen MR) is 64.5 cm³/mol. The lowest BCUT2D eigenvalue weighted by molar-refractivity contribution is 0.674. The number of hydrogen-bond donors (Lipinski definition) is 1.